The second kappa shape index (κ2) is 7.21. The number of anilines is 1. The van der Waals surface area contributed by atoms with Gasteiger partial charge in [-0.15, -0.1) is 0 Å². The number of ether oxygens (including phenoxy) is 1. The van der Waals surface area contributed by atoms with Crippen molar-refractivity contribution < 1.29 is 9.13 Å². The van der Waals surface area contributed by atoms with Crippen LogP contribution in [-0.4, -0.2) is 19.9 Å². The van der Waals surface area contributed by atoms with E-state index in [1.165, 1.54) is 24.8 Å². The summed E-state index contributed by atoms with van der Waals surface area (Å²) in [4.78, 5) is 16.1. The minimum atomic E-state index is -0.523. The van der Waals surface area contributed by atoms with Crippen molar-refractivity contribution in [2.75, 3.05) is 5.73 Å². The van der Waals surface area contributed by atoms with Gasteiger partial charge in [0.15, 0.2) is 11.6 Å². The zero-order chi connectivity index (χ0) is 17.8. The number of rotatable bonds is 5. The van der Waals surface area contributed by atoms with Gasteiger partial charge in [-0.05, 0) is 30.0 Å². The molecule has 0 fully saturated rings. The van der Waals surface area contributed by atoms with Gasteiger partial charge in [-0.2, -0.15) is 0 Å². The zero-order valence-electron chi connectivity index (χ0n) is 14.0. The van der Waals surface area contributed by atoms with Crippen LogP contribution >= 0.6 is 0 Å². The number of nitrogens with zero attached hydrogens (tertiary/aromatic N) is 4. The van der Waals surface area contributed by atoms with Gasteiger partial charge in [0.25, 0.3) is 0 Å². The summed E-state index contributed by atoms with van der Waals surface area (Å²) in [6.07, 6.45) is 6.55. The van der Waals surface area contributed by atoms with Crippen molar-refractivity contribution in [3.8, 4) is 23.0 Å². The number of nitrogens with two attached hydrogens (primary N) is 1. The minimum Gasteiger partial charge on any atom is -0.421 e. The maximum Gasteiger partial charge on any atom is 0.321 e. The largest absolute Gasteiger partial charge is 0.421 e. The van der Waals surface area contributed by atoms with E-state index in [4.69, 9.17) is 10.5 Å². The molecule has 2 heterocycles. The fraction of sp³-hybridized carbons (Fsp3) is 0.222. The van der Waals surface area contributed by atoms with E-state index in [9.17, 15) is 0 Å². The molecule has 0 aliphatic heterocycles. The molecule has 0 spiro atoms. The molecule has 0 atom stereocenters. The van der Waals surface area contributed by atoms with E-state index >= 15 is 4.39 Å². The van der Waals surface area contributed by atoms with Gasteiger partial charge in [0.2, 0.25) is 0 Å². The Bertz CT molecular complexity index is 853. The topological polar surface area (TPSA) is 86.8 Å². The minimum absolute atomic E-state index is 0.0898. The normalized spacial score (nSPS) is 10.9. The summed E-state index contributed by atoms with van der Waals surface area (Å²) < 4.78 is 20.8. The number of hydrogen-bond acceptors (Lipinski definition) is 6. The van der Waals surface area contributed by atoms with Crippen LogP contribution in [0.1, 0.15) is 19.4 Å². The maximum atomic E-state index is 15.2. The molecule has 0 bridgehead atoms. The summed E-state index contributed by atoms with van der Waals surface area (Å²) in [6, 6.07) is 5.26. The molecule has 0 amide bonds. The van der Waals surface area contributed by atoms with Crippen molar-refractivity contribution in [3.63, 3.8) is 0 Å². The third-order valence-electron chi connectivity index (χ3n) is 3.49. The summed E-state index contributed by atoms with van der Waals surface area (Å²) in [5.41, 5.74) is 6.95. The van der Waals surface area contributed by atoms with Gasteiger partial charge in [0.1, 0.15) is 5.82 Å². The summed E-state index contributed by atoms with van der Waals surface area (Å²) in [6.45, 7) is 4.11. The molecule has 0 unspecified atom stereocenters. The third kappa shape index (κ3) is 3.88. The van der Waals surface area contributed by atoms with Crippen LogP contribution in [0.3, 0.4) is 0 Å². The number of halogens is 1. The van der Waals surface area contributed by atoms with Gasteiger partial charge in [-0.25, -0.2) is 19.3 Å². The third-order valence-corrected chi connectivity index (χ3v) is 3.49. The van der Waals surface area contributed by atoms with Crippen molar-refractivity contribution >= 4 is 5.82 Å². The molecule has 25 heavy (non-hydrogen) atoms. The summed E-state index contributed by atoms with van der Waals surface area (Å²) in [5, 5.41) is 0. The molecule has 2 N–H and O–H groups in total. The monoisotopic (exact) mass is 339 g/mol. The van der Waals surface area contributed by atoms with E-state index in [2.05, 4.69) is 33.8 Å². The molecule has 6 nitrogen and oxygen atoms in total. The van der Waals surface area contributed by atoms with Crippen molar-refractivity contribution in [1.82, 2.24) is 19.9 Å². The first-order valence-corrected chi connectivity index (χ1v) is 7.88. The predicted molar refractivity (Wildman–Crippen MR) is 92.5 cm³/mol. The second-order valence-electron chi connectivity index (χ2n) is 5.97. The van der Waals surface area contributed by atoms with Crippen molar-refractivity contribution in [3.05, 3.63) is 54.4 Å². The van der Waals surface area contributed by atoms with Gasteiger partial charge >= 0.3 is 6.01 Å². The van der Waals surface area contributed by atoms with E-state index in [-0.39, 0.29) is 23.1 Å². The van der Waals surface area contributed by atoms with Crippen molar-refractivity contribution in [1.29, 1.82) is 0 Å². The molecule has 128 valence electrons. The lowest BCUT2D eigenvalue weighted by atomic mass is 9.99. The highest BCUT2D eigenvalue weighted by molar-refractivity contribution is 5.63. The second-order valence-corrected chi connectivity index (χ2v) is 5.97. The van der Waals surface area contributed by atoms with Gasteiger partial charge in [-0.3, -0.25) is 4.98 Å². The van der Waals surface area contributed by atoms with Crippen molar-refractivity contribution in [2.45, 2.75) is 20.3 Å². The van der Waals surface area contributed by atoms with Crippen LogP contribution in [0.2, 0.25) is 0 Å². The van der Waals surface area contributed by atoms with Crippen LogP contribution in [0, 0.1) is 11.7 Å². The Hall–Kier alpha value is -3.09. The van der Waals surface area contributed by atoms with Crippen LogP contribution in [0.4, 0.5) is 10.2 Å². The molecule has 1 aromatic carbocycles. The van der Waals surface area contributed by atoms with Gasteiger partial charge in [-0.1, -0.05) is 19.9 Å². The first-order valence-electron chi connectivity index (χ1n) is 7.88. The molecule has 3 rings (SSSR count). The molecule has 0 saturated carbocycles. The summed E-state index contributed by atoms with van der Waals surface area (Å²) >= 11 is 0. The van der Waals surface area contributed by atoms with E-state index in [1.807, 2.05) is 6.07 Å². The molecule has 0 aliphatic carbocycles. The summed E-state index contributed by atoms with van der Waals surface area (Å²) in [7, 11) is 0. The van der Waals surface area contributed by atoms with Gasteiger partial charge in [0.05, 0.1) is 18.1 Å². The lowest BCUT2D eigenvalue weighted by Crippen LogP contribution is -2.03. The maximum absolute atomic E-state index is 15.2. The van der Waals surface area contributed by atoms with Crippen LogP contribution in [0.5, 0.6) is 11.8 Å². The molecule has 7 heteroatoms. The fourth-order valence-electron chi connectivity index (χ4n) is 2.41. The lowest BCUT2D eigenvalue weighted by Gasteiger charge is -2.15. The first-order chi connectivity index (χ1) is 12.0. The molecular weight excluding hydrogens is 321 g/mol. The van der Waals surface area contributed by atoms with Gasteiger partial charge in [0, 0.05) is 18.0 Å². The molecular formula is C18H18FN5O. The summed E-state index contributed by atoms with van der Waals surface area (Å²) in [5.74, 6) is 0.191. The van der Waals surface area contributed by atoms with Crippen LogP contribution in [0.15, 0.2) is 43.0 Å². The zero-order valence-corrected chi connectivity index (χ0v) is 14.0. The van der Waals surface area contributed by atoms with Gasteiger partial charge < -0.3 is 10.5 Å². The average Bonchev–Trinajstić information content (AvgIpc) is 2.60. The lowest BCUT2D eigenvalue weighted by molar-refractivity contribution is 0.403. The quantitative estimate of drug-likeness (QED) is 0.763. The van der Waals surface area contributed by atoms with Crippen LogP contribution < -0.4 is 10.5 Å². The Balaban J connectivity index is 2.07. The van der Waals surface area contributed by atoms with Crippen LogP contribution in [-0.2, 0) is 6.42 Å². The highest BCUT2D eigenvalue weighted by Gasteiger charge is 2.19. The number of benzene rings is 1. The highest BCUT2D eigenvalue weighted by Crippen LogP contribution is 2.34. The fourth-order valence-corrected chi connectivity index (χ4v) is 2.41. The highest BCUT2D eigenvalue weighted by atomic mass is 19.1. The first kappa shape index (κ1) is 16.8. The molecule has 0 radical (unpaired) electrons. The smallest absolute Gasteiger partial charge is 0.321 e. The Morgan fingerprint density at radius 1 is 1.08 bits per heavy atom. The molecule has 0 aliphatic rings. The SMILES string of the molecule is CC(C)Cc1ccc(-c2cnc(N)cn2)c(F)c1Oc1ncccn1. The standard InChI is InChI=1S/C18H18FN5O/c1-11(2)8-12-4-5-13(14-9-24-15(20)10-23-14)16(19)17(12)25-18-21-6-3-7-22-18/h3-7,9-11H,8H2,1-2H3,(H2,20,24). The predicted octanol–water partition coefficient (Wildman–Crippen LogP) is 3.65. The van der Waals surface area contributed by atoms with E-state index in [0.717, 1.165) is 5.56 Å². The Morgan fingerprint density at radius 3 is 2.48 bits per heavy atom. The average molecular weight is 339 g/mol. The van der Waals surface area contributed by atoms with Crippen molar-refractivity contribution in [2.24, 2.45) is 5.92 Å². The van der Waals surface area contributed by atoms with Crippen LogP contribution in [0.25, 0.3) is 11.3 Å². The molecule has 2 aromatic heterocycles. The van der Waals surface area contributed by atoms with E-state index in [0.29, 0.717) is 18.0 Å². The van der Waals surface area contributed by atoms with E-state index < -0.39 is 5.82 Å². The Morgan fingerprint density at radius 2 is 1.84 bits per heavy atom. The molecule has 0 saturated heterocycles. The van der Waals surface area contributed by atoms with E-state index in [1.54, 1.807) is 12.1 Å². The number of hydrogen-bond donors (Lipinski definition) is 1. The number of aromatic nitrogens is 4. The molecule has 3 aromatic rings. The Kier molecular flexibility index (Phi) is 4.83. The Labute approximate surface area is 145 Å². The number of nitrogen functional groups attached to an aromatic ring is 1.